The van der Waals surface area contributed by atoms with Gasteiger partial charge in [-0.1, -0.05) is 24.3 Å². The third kappa shape index (κ3) is 5.12. The fourth-order valence-electron chi connectivity index (χ4n) is 2.39. The summed E-state index contributed by atoms with van der Waals surface area (Å²) in [6.07, 6.45) is 0. The van der Waals surface area contributed by atoms with Crippen molar-refractivity contribution in [2.24, 2.45) is 0 Å². The summed E-state index contributed by atoms with van der Waals surface area (Å²) in [6.45, 7) is 6.94. The molecule has 1 amide bonds. The number of benzene rings is 2. The van der Waals surface area contributed by atoms with Crippen molar-refractivity contribution < 1.29 is 17.6 Å². The number of amides is 1. The summed E-state index contributed by atoms with van der Waals surface area (Å²) in [7, 11) is -3.75. The first-order valence-electron chi connectivity index (χ1n) is 8.16. The fourth-order valence-corrected chi connectivity index (χ4v) is 3.83. The lowest BCUT2D eigenvalue weighted by atomic mass is 10.1. The van der Waals surface area contributed by atoms with E-state index in [0.29, 0.717) is 11.1 Å². The molecule has 0 bridgehead atoms. The number of carbonyl (C=O) groups is 1. The Hall–Kier alpha value is -2.25. The summed E-state index contributed by atoms with van der Waals surface area (Å²) >= 11 is 0. The number of rotatable bonds is 5. The smallest absolute Gasteiger partial charge is 0.251 e. The van der Waals surface area contributed by atoms with Gasteiger partial charge in [0.1, 0.15) is 5.82 Å². The molecule has 0 aliphatic heterocycles. The Morgan fingerprint density at radius 2 is 1.77 bits per heavy atom. The van der Waals surface area contributed by atoms with Gasteiger partial charge >= 0.3 is 0 Å². The number of halogens is 1. The van der Waals surface area contributed by atoms with Crippen LogP contribution in [0.5, 0.6) is 0 Å². The van der Waals surface area contributed by atoms with E-state index in [1.54, 1.807) is 52.0 Å². The van der Waals surface area contributed by atoms with E-state index in [-0.39, 0.29) is 17.0 Å². The summed E-state index contributed by atoms with van der Waals surface area (Å²) in [5.41, 5.74) is 0.581. The topological polar surface area (TPSA) is 75.3 Å². The Morgan fingerprint density at radius 3 is 2.38 bits per heavy atom. The van der Waals surface area contributed by atoms with Gasteiger partial charge in [0, 0.05) is 23.2 Å². The van der Waals surface area contributed by atoms with Crippen molar-refractivity contribution >= 4 is 15.9 Å². The predicted octanol–water partition coefficient (Wildman–Crippen LogP) is 3.14. The summed E-state index contributed by atoms with van der Waals surface area (Å²) in [6, 6.07) is 10.5. The molecule has 7 heteroatoms. The molecule has 0 radical (unpaired) electrons. The second kappa shape index (κ2) is 7.55. The maximum atomic E-state index is 13.7. The van der Waals surface area contributed by atoms with Crippen molar-refractivity contribution in [2.45, 2.75) is 44.7 Å². The predicted molar refractivity (Wildman–Crippen MR) is 98.8 cm³/mol. The minimum Gasteiger partial charge on any atom is -0.348 e. The number of aryl methyl sites for hydroxylation is 1. The van der Waals surface area contributed by atoms with Crippen LogP contribution in [0.3, 0.4) is 0 Å². The van der Waals surface area contributed by atoms with Gasteiger partial charge in [-0.25, -0.2) is 17.5 Å². The first-order valence-corrected chi connectivity index (χ1v) is 9.64. The average molecular weight is 378 g/mol. The van der Waals surface area contributed by atoms with Gasteiger partial charge in [-0.3, -0.25) is 4.79 Å². The van der Waals surface area contributed by atoms with Crippen LogP contribution in [0.1, 0.15) is 42.3 Å². The molecule has 2 rings (SSSR count). The van der Waals surface area contributed by atoms with Crippen molar-refractivity contribution in [1.29, 1.82) is 0 Å². The number of nitrogens with one attached hydrogen (secondary N) is 2. The zero-order valence-corrected chi connectivity index (χ0v) is 16.1. The van der Waals surface area contributed by atoms with Gasteiger partial charge in [0.15, 0.2) is 0 Å². The van der Waals surface area contributed by atoms with Crippen LogP contribution in [0.15, 0.2) is 47.4 Å². The fraction of sp³-hybridized carbons (Fsp3) is 0.316. The third-order valence-corrected chi connectivity index (χ3v) is 5.36. The maximum Gasteiger partial charge on any atom is 0.251 e. The van der Waals surface area contributed by atoms with E-state index in [1.807, 2.05) is 0 Å². The van der Waals surface area contributed by atoms with E-state index in [2.05, 4.69) is 10.0 Å². The minimum atomic E-state index is -3.75. The van der Waals surface area contributed by atoms with Gasteiger partial charge in [0.05, 0.1) is 4.90 Å². The Labute approximate surface area is 153 Å². The average Bonchev–Trinajstić information content (AvgIpc) is 2.51. The summed E-state index contributed by atoms with van der Waals surface area (Å²) in [4.78, 5) is 12.5. The largest absolute Gasteiger partial charge is 0.348 e. The molecule has 2 aromatic rings. The van der Waals surface area contributed by atoms with Crippen LogP contribution >= 0.6 is 0 Å². The molecule has 0 fully saturated rings. The van der Waals surface area contributed by atoms with Crippen molar-refractivity contribution in [1.82, 2.24) is 10.0 Å². The number of hydrogen-bond donors (Lipinski definition) is 2. The summed E-state index contributed by atoms with van der Waals surface area (Å²) < 4.78 is 41.1. The van der Waals surface area contributed by atoms with Crippen LogP contribution in [-0.2, 0) is 16.6 Å². The Morgan fingerprint density at radius 1 is 1.12 bits per heavy atom. The van der Waals surface area contributed by atoms with Gasteiger partial charge in [-0.05, 0) is 51.5 Å². The van der Waals surface area contributed by atoms with Gasteiger partial charge < -0.3 is 5.32 Å². The second-order valence-corrected chi connectivity index (χ2v) is 8.79. The monoisotopic (exact) mass is 378 g/mol. The van der Waals surface area contributed by atoms with E-state index in [9.17, 15) is 17.6 Å². The molecule has 0 heterocycles. The zero-order chi connectivity index (χ0) is 19.5. The Bertz CT molecular complexity index is 919. The van der Waals surface area contributed by atoms with E-state index in [1.165, 1.54) is 18.2 Å². The van der Waals surface area contributed by atoms with Crippen molar-refractivity contribution in [3.63, 3.8) is 0 Å². The molecule has 0 aliphatic rings. The molecule has 26 heavy (non-hydrogen) atoms. The first-order chi connectivity index (χ1) is 12.0. The molecule has 0 unspecified atom stereocenters. The molecule has 0 saturated heterocycles. The highest BCUT2D eigenvalue weighted by Crippen LogP contribution is 2.18. The van der Waals surface area contributed by atoms with E-state index in [4.69, 9.17) is 0 Å². The molecule has 140 valence electrons. The minimum absolute atomic E-state index is 0.00840. The Balaban J connectivity index is 2.24. The van der Waals surface area contributed by atoms with Crippen LogP contribution in [0.2, 0.25) is 0 Å². The molecule has 0 atom stereocenters. The van der Waals surface area contributed by atoms with Gasteiger partial charge in [0.2, 0.25) is 10.0 Å². The van der Waals surface area contributed by atoms with E-state index >= 15 is 0 Å². The van der Waals surface area contributed by atoms with Crippen LogP contribution in [0, 0.1) is 12.7 Å². The molecule has 0 aromatic heterocycles. The number of hydrogen-bond acceptors (Lipinski definition) is 3. The number of carbonyl (C=O) groups excluding carboxylic acids is 1. The molecule has 5 nitrogen and oxygen atoms in total. The lowest BCUT2D eigenvalue weighted by Gasteiger charge is -2.20. The quantitative estimate of drug-likeness (QED) is 0.839. The van der Waals surface area contributed by atoms with E-state index < -0.39 is 27.3 Å². The SMILES string of the molecule is Cc1ccc(S(=O)(=O)NC(C)(C)C)cc1C(=O)NCc1ccccc1F. The standard InChI is InChI=1S/C19H23FN2O3S/c1-13-9-10-15(26(24,25)22-19(2,3)4)11-16(13)18(23)21-12-14-7-5-6-8-17(14)20/h5-11,22H,12H2,1-4H3,(H,21,23). The second-order valence-electron chi connectivity index (χ2n) is 7.11. The molecule has 0 spiro atoms. The van der Waals surface area contributed by atoms with Crippen molar-refractivity contribution in [3.05, 3.63) is 65.0 Å². The van der Waals surface area contributed by atoms with Crippen LogP contribution < -0.4 is 10.0 Å². The molecular formula is C19H23FN2O3S. The summed E-state index contributed by atoms with van der Waals surface area (Å²) in [5.74, 6) is -0.867. The molecule has 2 aromatic carbocycles. The zero-order valence-electron chi connectivity index (χ0n) is 15.3. The maximum absolute atomic E-state index is 13.7. The number of sulfonamides is 1. The Kier molecular flexibility index (Phi) is 5.83. The van der Waals surface area contributed by atoms with E-state index in [0.717, 1.165) is 0 Å². The van der Waals surface area contributed by atoms with Gasteiger partial charge in [-0.15, -0.1) is 0 Å². The van der Waals surface area contributed by atoms with Crippen molar-refractivity contribution in [3.8, 4) is 0 Å². The highest BCUT2D eigenvalue weighted by atomic mass is 32.2. The lowest BCUT2D eigenvalue weighted by molar-refractivity contribution is 0.0949. The lowest BCUT2D eigenvalue weighted by Crippen LogP contribution is -2.40. The molecule has 0 saturated carbocycles. The normalized spacial score (nSPS) is 12.0. The van der Waals surface area contributed by atoms with Gasteiger partial charge in [0.25, 0.3) is 5.91 Å². The first kappa shape index (κ1) is 20.1. The third-order valence-electron chi connectivity index (χ3n) is 3.60. The van der Waals surface area contributed by atoms with Crippen LogP contribution in [0.4, 0.5) is 4.39 Å². The highest BCUT2D eigenvalue weighted by Gasteiger charge is 2.23. The van der Waals surface area contributed by atoms with Gasteiger partial charge in [-0.2, -0.15) is 0 Å². The highest BCUT2D eigenvalue weighted by molar-refractivity contribution is 7.89. The molecular weight excluding hydrogens is 355 g/mol. The summed E-state index contributed by atoms with van der Waals surface area (Å²) in [5, 5.41) is 2.63. The van der Waals surface area contributed by atoms with Crippen molar-refractivity contribution in [2.75, 3.05) is 0 Å². The molecule has 2 N–H and O–H groups in total. The molecule has 0 aliphatic carbocycles. The van der Waals surface area contributed by atoms with Crippen LogP contribution in [0.25, 0.3) is 0 Å². The van der Waals surface area contributed by atoms with Crippen LogP contribution in [-0.4, -0.2) is 19.9 Å².